The average molecular weight is 370 g/mol. The molecule has 0 spiro atoms. The first-order valence-corrected chi connectivity index (χ1v) is 8.29. The van der Waals surface area contributed by atoms with Gasteiger partial charge in [0.05, 0.1) is 17.8 Å². The minimum absolute atomic E-state index is 0.146. The first-order valence-electron chi connectivity index (χ1n) is 8.29. The lowest BCUT2D eigenvalue weighted by Gasteiger charge is -2.06. The fourth-order valence-electron chi connectivity index (χ4n) is 3.23. The summed E-state index contributed by atoms with van der Waals surface area (Å²) in [5.74, 6) is -2.14. The number of halogens is 2. The molecular weight excluding hydrogens is 354 g/mol. The molecule has 0 radical (unpaired) electrons. The monoisotopic (exact) mass is 370 g/mol. The van der Waals surface area contributed by atoms with E-state index in [1.54, 1.807) is 10.7 Å². The van der Waals surface area contributed by atoms with Crippen molar-refractivity contribution in [2.24, 2.45) is 7.05 Å². The third-order valence-corrected chi connectivity index (χ3v) is 4.77. The molecule has 4 aromatic rings. The molecular formula is C19H16F2N4O2. The van der Waals surface area contributed by atoms with Gasteiger partial charge in [-0.15, -0.1) is 0 Å². The van der Waals surface area contributed by atoms with Crippen LogP contribution in [0.15, 0.2) is 39.7 Å². The van der Waals surface area contributed by atoms with Gasteiger partial charge in [0.15, 0.2) is 11.4 Å². The van der Waals surface area contributed by atoms with Gasteiger partial charge in [0.25, 0.3) is 0 Å². The van der Waals surface area contributed by atoms with Crippen LogP contribution in [-0.4, -0.2) is 19.3 Å². The summed E-state index contributed by atoms with van der Waals surface area (Å²) in [7, 11) is 1.81. The smallest absolute Gasteiger partial charge is 0.405 e. The molecule has 0 unspecified atom stereocenters. The molecule has 0 fully saturated rings. The molecule has 0 N–H and O–H groups in total. The first kappa shape index (κ1) is 17.1. The van der Waals surface area contributed by atoms with Crippen molar-refractivity contribution in [2.75, 3.05) is 0 Å². The minimum atomic E-state index is -0.735. The Labute approximate surface area is 152 Å². The summed E-state index contributed by atoms with van der Waals surface area (Å²) in [4.78, 5) is 15.9. The Morgan fingerprint density at radius 2 is 2.00 bits per heavy atom. The lowest BCUT2D eigenvalue weighted by molar-refractivity contribution is 0.498. The van der Waals surface area contributed by atoms with Crippen molar-refractivity contribution >= 4 is 11.1 Å². The third kappa shape index (κ3) is 2.73. The van der Waals surface area contributed by atoms with E-state index in [2.05, 4.69) is 10.1 Å². The molecule has 3 heterocycles. The highest BCUT2D eigenvalue weighted by molar-refractivity contribution is 5.81. The second-order valence-corrected chi connectivity index (χ2v) is 6.38. The van der Waals surface area contributed by atoms with E-state index in [0.29, 0.717) is 0 Å². The van der Waals surface area contributed by atoms with Crippen LogP contribution in [0.5, 0.6) is 0 Å². The summed E-state index contributed by atoms with van der Waals surface area (Å²) in [5, 5.41) is 4.33. The molecule has 0 bridgehead atoms. The lowest BCUT2D eigenvalue weighted by Crippen LogP contribution is -2.15. The zero-order valence-corrected chi connectivity index (χ0v) is 15.0. The quantitative estimate of drug-likeness (QED) is 0.519. The van der Waals surface area contributed by atoms with Gasteiger partial charge in [-0.3, -0.25) is 9.25 Å². The predicted octanol–water partition coefficient (Wildman–Crippen LogP) is 3.33. The zero-order valence-electron chi connectivity index (χ0n) is 15.0. The normalized spacial score (nSPS) is 11.4. The SMILES string of the molecule is Cc1nn(C)c(C)c1Cn1c(=O)oc2c(F)cc(-c3cccnc3F)cc21. The predicted molar refractivity (Wildman–Crippen MR) is 95.4 cm³/mol. The molecule has 0 atom stereocenters. The second-order valence-electron chi connectivity index (χ2n) is 6.38. The summed E-state index contributed by atoms with van der Waals surface area (Å²) in [6.07, 6.45) is 1.31. The summed E-state index contributed by atoms with van der Waals surface area (Å²) >= 11 is 0. The van der Waals surface area contributed by atoms with Gasteiger partial charge in [0, 0.05) is 30.1 Å². The highest BCUT2D eigenvalue weighted by atomic mass is 19.1. The van der Waals surface area contributed by atoms with Gasteiger partial charge < -0.3 is 4.42 Å². The number of fused-ring (bicyclic) bond motifs is 1. The van der Waals surface area contributed by atoms with E-state index in [9.17, 15) is 13.6 Å². The van der Waals surface area contributed by atoms with Crippen molar-refractivity contribution in [3.8, 4) is 11.1 Å². The molecule has 0 saturated carbocycles. The van der Waals surface area contributed by atoms with Crippen LogP contribution < -0.4 is 5.76 Å². The van der Waals surface area contributed by atoms with Crippen LogP contribution in [-0.2, 0) is 13.6 Å². The average Bonchev–Trinajstić information content (AvgIpc) is 3.07. The number of aryl methyl sites for hydroxylation is 2. The summed E-state index contributed by atoms with van der Waals surface area (Å²) in [5.41, 5.74) is 3.02. The summed E-state index contributed by atoms with van der Waals surface area (Å²) in [6, 6.07) is 5.73. The summed E-state index contributed by atoms with van der Waals surface area (Å²) in [6.45, 7) is 3.90. The van der Waals surface area contributed by atoms with Gasteiger partial charge in [0.2, 0.25) is 5.95 Å². The van der Waals surface area contributed by atoms with E-state index in [1.807, 2.05) is 20.9 Å². The van der Waals surface area contributed by atoms with Crippen molar-refractivity contribution in [1.29, 1.82) is 0 Å². The largest absolute Gasteiger partial charge is 0.420 e. The van der Waals surface area contributed by atoms with Gasteiger partial charge in [0.1, 0.15) is 0 Å². The van der Waals surface area contributed by atoms with E-state index in [1.165, 1.54) is 22.9 Å². The van der Waals surface area contributed by atoms with Crippen LogP contribution >= 0.6 is 0 Å². The molecule has 6 nitrogen and oxygen atoms in total. The molecule has 1 aromatic carbocycles. The van der Waals surface area contributed by atoms with Gasteiger partial charge in [-0.1, -0.05) is 0 Å². The van der Waals surface area contributed by atoms with Gasteiger partial charge >= 0.3 is 5.76 Å². The topological polar surface area (TPSA) is 65.8 Å². The van der Waals surface area contributed by atoms with Crippen molar-refractivity contribution < 1.29 is 13.2 Å². The molecule has 3 aromatic heterocycles. The maximum Gasteiger partial charge on any atom is 0.420 e. The number of benzene rings is 1. The molecule has 8 heteroatoms. The Kier molecular flexibility index (Phi) is 3.91. The number of hydrogen-bond donors (Lipinski definition) is 0. The molecule has 0 amide bonds. The van der Waals surface area contributed by atoms with Crippen LogP contribution in [0.25, 0.3) is 22.2 Å². The lowest BCUT2D eigenvalue weighted by atomic mass is 10.1. The standard InChI is InChI=1S/C19H16F2N4O2/c1-10-14(11(2)24(3)23-10)9-25-16-8-12(13-5-4-6-22-18(13)21)7-15(20)17(16)27-19(25)26/h4-8H,9H2,1-3H3. The van der Waals surface area contributed by atoms with E-state index in [0.717, 1.165) is 23.0 Å². The minimum Gasteiger partial charge on any atom is -0.405 e. The number of aromatic nitrogens is 4. The van der Waals surface area contributed by atoms with Gasteiger partial charge in [-0.2, -0.15) is 9.49 Å². The molecule has 0 aliphatic heterocycles. The van der Waals surface area contributed by atoms with Crippen molar-refractivity contribution in [3.05, 3.63) is 69.7 Å². The van der Waals surface area contributed by atoms with Crippen molar-refractivity contribution in [3.63, 3.8) is 0 Å². The van der Waals surface area contributed by atoms with Crippen LogP contribution in [0, 0.1) is 25.6 Å². The van der Waals surface area contributed by atoms with Gasteiger partial charge in [-0.25, -0.2) is 14.2 Å². The van der Waals surface area contributed by atoms with E-state index in [4.69, 9.17) is 4.42 Å². The molecule has 0 aliphatic rings. The number of hydrogen-bond acceptors (Lipinski definition) is 4. The number of pyridine rings is 1. The molecule has 0 aliphatic carbocycles. The van der Waals surface area contributed by atoms with E-state index >= 15 is 0 Å². The number of oxazole rings is 1. The Balaban J connectivity index is 1.93. The highest BCUT2D eigenvalue weighted by Gasteiger charge is 2.19. The molecule has 4 rings (SSSR count). The van der Waals surface area contributed by atoms with Gasteiger partial charge in [-0.05, 0) is 43.7 Å². The maximum atomic E-state index is 14.6. The Morgan fingerprint density at radius 3 is 2.67 bits per heavy atom. The first-order chi connectivity index (χ1) is 12.9. The Morgan fingerprint density at radius 1 is 1.22 bits per heavy atom. The van der Waals surface area contributed by atoms with Crippen LogP contribution in [0.1, 0.15) is 17.0 Å². The van der Waals surface area contributed by atoms with Crippen LogP contribution in [0.2, 0.25) is 0 Å². The van der Waals surface area contributed by atoms with E-state index < -0.39 is 17.5 Å². The second kappa shape index (κ2) is 6.15. The Hall–Kier alpha value is -3.29. The molecule has 0 saturated heterocycles. The zero-order chi connectivity index (χ0) is 19.3. The van der Waals surface area contributed by atoms with Crippen LogP contribution in [0.3, 0.4) is 0 Å². The number of nitrogens with zero attached hydrogens (tertiary/aromatic N) is 4. The van der Waals surface area contributed by atoms with E-state index in [-0.39, 0.29) is 28.8 Å². The summed E-state index contributed by atoms with van der Waals surface area (Å²) < 4.78 is 36.7. The highest BCUT2D eigenvalue weighted by Crippen LogP contribution is 2.28. The van der Waals surface area contributed by atoms with Crippen LogP contribution in [0.4, 0.5) is 8.78 Å². The Bertz CT molecular complexity index is 1240. The van der Waals surface area contributed by atoms with Crippen molar-refractivity contribution in [2.45, 2.75) is 20.4 Å². The fraction of sp³-hybridized carbons (Fsp3) is 0.211. The van der Waals surface area contributed by atoms with Crippen molar-refractivity contribution in [1.82, 2.24) is 19.3 Å². The molecule has 27 heavy (non-hydrogen) atoms. The third-order valence-electron chi connectivity index (χ3n) is 4.77. The maximum absolute atomic E-state index is 14.6. The number of rotatable bonds is 3. The molecule has 138 valence electrons. The fourth-order valence-corrected chi connectivity index (χ4v) is 3.23.